The number of carbonyl (C=O) groups is 2. The molecule has 22 heavy (non-hydrogen) atoms. The Balaban J connectivity index is 2.26. The molecule has 0 aliphatic heterocycles. The Kier molecular flexibility index (Phi) is 6.23. The van der Waals surface area contributed by atoms with Crippen molar-refractivity contribution in [3.05, 3.63) is 0 Å². The highest BCUT2D eigenvalue weighted by Crippen LogP contribution is 2.20. The van der Waals surface area contributed by atoms with Gasteiger partial charge in [0.1, 0.15) is 5.60 Å². The number of ether oxygens (including phenoxy) is 1. The first kappa shape index (κ1) is 18.7. The highest BCUT2D eigenvalue weighted by Gasteiger charge is 2.27. The third-order valence-electron chi connectivity index (χ3n) is 3.38. The van der Waals surface area contributed by atoms with Crippen LogP contribution < -0.4 is 10.8 Å². The number of rotatable bonds is 3. The van der Waals surface area contributed by atoms with Crippen molar-refractivity contribution in [1.82, 2.24) is 10.8 Å². The van der Waals surface area contributed by atoms with E-state index in [9.17, 15) is 9.59 Å². The molecule has 0 heterocycles. The molecular weight excluding hydrogens is 284 g/mol. The van der Waals surface area contributed by atoms with Crippen molar-refractivity contribution in [1.29, 1.82) is 0 Å². The molecule has 1 amide bonds. The van der Waals surface area contributed by atoms with Gasteiger partial charge in [0, 0.05) is 12.1 Å². The van der Waals surface area contributed by atoms with Gasteiger partial charge in [0.2, 0.25) is 0 Å². The fourth-order valence-corrected chi connectivity index (χ4v) is 2.12. The highest BCUT2D eigenvalue weighted by atomic mass is 16.7. The van der Waals surface area contributed by atoms with Crippen LogP contribution in [0, 0.1) is 5.41 Å². The first-order valence-electron chi connectivity index (χ1n) is 7.94. The smallest absolute Gasteiger partial charge is 0.407 e. The average Bonchev–Trinajstić information content (AvgIpc) is 2.34. The molecule has 128 valence electrons. The molecule has 0 radical (unpaired) electrons. The second-order valence-corrected chi connectivity index (χ2v) is 7.95. The first-order chi connectivity index (χ1) is 9.97. The molecule has 1 fully saturated rings. The zero-order chi connectivity index (χ0) is 17.0. The van der Waals surface area contributed by atoms with Crippen LogP contribution in [0.25, 0.3) is 0 Å². The third kappa shape index (κ3) is 7.11. The van der Waals surface area contributed by atoms with Crippen LogP contribution in [0.3, 0.4) is 0 Å². The minimum Gasteiger partial charge on any atom is -0.444 e. The van der Waals surface area contributed by atoms with Crippen molar-refractivity contribution in [3.8, 4) is 0 Å². The fraction of sp³-hybridized carbons (Fsp3) is 0.875. The molecule has 0 unspecified atom stereocenters. The normalized spacial score (nSPS) is 22.8. The van der Waals surface area contributed by atoms with E-state index in [2.05, 4.69) is 10.8 Å². The van der Waals surface area contributed by atoms with Crippen LogP contribution in [0.1, 0.15) is 67.2 Å². The summed E-state index contributed by atoms with van der Waals surface area (Å²) in [5, 5.41) is 2.89. The minimum absolute atomic E-state index is 0.117. The van der Waals surface area contributed by atoms with E-state index in [1.807, 2.05) is 41.5 Å². The van der Waals surface area contributed by atoms with E-state index in [1.54, 1.807) is 0 Å². The molecule has 0 atom stereocenters. The monoisotopic (exact) mass is 314 g/mol. The Morgan fingerprint density at radius 2 is 1.41 bits per heavy atom. The number of hydroxylamine groups is 1. The molecule has 1 rings (SSSR count). The van der Waals surface area contributed by atoms with E-state index in [1.165, 1.54) is 0 Å². The Morgan fingerprint density at radius 1 is 0.909 bits per heavy atom. The number of carbonyl (C=O) groups excluding carboxylic acids is 2. The Bertz CT molecular complexity index is 388. The van der Waals surface area contributed by atoms with Crippen molar-refractivity contribution < 1.29 is 19.2 Å². The number of alkyl carbamates (subject to hydrolysis) is 1. The van der Waals surface area contributed by atoms with Gasteiger partial charge in [-0.15, -0.1) is 0 Å². The van der Waals surface area contributed by atoms with Gasteiger partial charge in [-0.3, -0.25) is 0 Å². The van der Waals surface area contributed by atoms with Crippen LogP contribution in [0.5, 0.6) is 0 Å². The molecule has 0 bridgehead atoms. The van der Waals surface area contributed by atoms with Gasteiger partial charge in [-0.2, -0.15) is 5.48 Å². The lowest BCUT2D eigenvalue weighted by atomic mass is 9.92. The van der Waals surface area contributed by atoms with Crippen LogP contribution in [-0.4, -0.2) is 29.7 Å². The van der Waals surface area contributed by atoms with Crippen LogP contribution in [0.4, 0.5) is 4.79 Å². The number of nitrogens with one attached hydrogen (secondary N) is 2. The van der Waals surface area contributed by atoms with Gasteiger partial charge in [0.25, 0.3) is 0 Å². The second kappa shape index (κ2) is 7.31. The van der Waals surface area contributed by atoms with Crippen LogP contribution in [-0.2, 0) is 14.4 Å². The van der Waals surface area contributed by atoms with E-state index in [4.69, 9.17) is 9.57 Å². The predicted octanol–water partition coefficient (Wildman–Crippen LogP) is 2.92. The summed E-state index contributed by atoms with van der Waals surface area (Å²) in [4.78, 5) is 28.5. The summed E-state index contributed by atoms with van der Waals surface area (Å²) in [6, 6.07) is 0.259. The molecule has 0 aromatic heterocycles. The Labute approximate surface area is 133 Å². The maximum absolute atomic E-state index is 11.7. The van der Waals surface area contributed by atoms with E-state index in [0.717, 1.165) is 25.7 Å². The first-order valence-corrected chi connectivity index (χ1v) is 7.94. The van der Waals surface area contributed by atoms with Crippen molar-refractivity contribution in [2.75, 3.05) is 0 Å². The number of amides is 1. The quantitative estimate of drug-likeness (QED) is 0.783. The molecule has 1 aliphatic rings. The van der Waals surface area contributed by atoms with Gasteiger partial charge in [-0.05, 0) is 67.2 Å². The van der Waals surface area contributed by atoms with Crippen molar-refractivity contribution in [2.24, 2.45) is 5.41 Å². The summed E-state index contributed by atoms with van der Waals surface area (Å²) in [7, 11) is 0. The van der Waals surface area contributed by atoms with Crippen molar-refractivity contribution in [3.63, 3.8) is 0 Å². The van der Waals surface area contributed by atoms with E-state index < -0.39 is 11.0 Å². The molecule has 1 aliphatic carbocycles. The zero-order valence-electron chi connectivity index (χ0n) is 14.6. The lowest BCUT2D eigenvalue weighted by Crippen LogP contribution is -2.44. The predicted molar refractivity (Wildman–Crippen MR) is 84.1 cm³/mol. The van der Waals surface area contributed by atoms with Gasteiger partial charge in [0.05, 0.1) is 5.41 Å². The number of hydrogen-bond donors (Lipinski definition) is 2. The van der Waals surface area contributed by atoms with Crippen molar-refractivity contribution in [2.45, 2.75) is 84.9 Å². The van der Waals surface area contributed by atoms with Crippen LogP contribution in [0.15, 0.2) is 0 Å². The van der Waals surface area contributed by atoms with Gasteiger partial charge in [0.15, 0.2) is 0 Å². The maximum Gasteiger partial charge on any atom is 0.407 e. The molecular formula is C16H30N2O4. The molecule has 2 N–H and O–H groups in total. The van der Waals surface area contributed by atoms with Crippen molar-refractivity contribution >= 4 is 12.1 Å². The summed E-state index contributed by atoms with van der Waals surface area (Å²) in [5.41, 5.74) is 1.85. The summed E-state index contributed by atoms with van der Waals surface area (Å²) in [5.74, 6) is -0.262. The van der Waals surface area contributed by atoms with Gasteiger partial charge >= 0.3 is 12.1 Å². The lowest BCUT2D eigenvalue weighted by Gasteiger charge is -2.30. The fourth-order valence-electron chi connectivity index (χ4n) is 2.12. The molecule has 6 nitrogen and oxygen atoms in total. The largest absolute Gasteiger partial charge is 0.444 e. The third-order valence-corrected chi connectivity index (χ3v) is 3.38. The molecule has 0 saturated heterocycles. The summed E-state index contributed by atoms with van der Waals surface area (Å²) >= 11 is 0. The molecule has 0 spiro atoms. The van der Waals surface area contributed by atoms with Gasteiger partial charge in [-0.25, -0.2) is 9.59 Å². The van der Waals surface area contributed by atoms with Gasteiger partial charge < -0.3 is 14.9 Å². The second-order valence-electron chi connectivity index (χ2n) is 7.95. The molecule has 1 saturated carbocycles. The Hall–Kier alpha value is -1.30. The SMILES string of the molecule is CC(C)(C)OC(=O)NC1CCC(NOC(=O)C(C)(C)C)CC1. The molecule has 0 aromatic carbocycles. The highest BCUT2D eigenvalue weighted by molar-refractivity contribution is 5.75. The summed E-state index contributed by atoms with van der Waals surface area (Å²) < 4.78 is 5.25. The minimum atomic E-state index is -0.511. The summed E-state index contributed by atoms with van der Waals surface area (Å²) in [6.45, 7) is 11.0. The van der Waals surface area contributed by atoms with Crippen LogP contribution >= 0.6 is 0 Å². The zero-order valence-corrected chi connectivity index (χ0v) is 14.6. The van der Waals surface area contributed by atoms with E-state index >= 15 is 0 Å². The van der Waals surface area contributed by atoms with Gasteiger partial charge in [-0.1, -0.05) is 0 Å². The molecule has 0 aromatic rings. The lowest BCUT2D eigenvalue weighted by molar-refractivity contribution is -0.163. The van der Waals surface area contributed by atoms with E-state index in [0.29, 0.717) is 0 Å². The molecule has 6 heteroatoms. The average molecular weight is 314 g/mol. The van der Waals surface area contributed by atoms with Crippen LogP contribution in [0.2, 0.25) is 0 Å². The topological polar surface area (TPSA) is 76.7 Å². The number of hydrogen-bond acceptors (Lipinski definition) is 5. The summed E-state index contributed by atoms with van der Waals surface area (Å²) in [6.07, 6.45) is 2.99. The maximum atomic E-state index is 11.7. The van der Waals surface area contributed by atoms with E-state index in [-0.39, 0.29) is 24.1 Å². The standard InChI is InChI=1S/C16H30N2O4/c1-15(2,3)13(19)22-18-12-9-7-11(8-10-12)17-14(20)21-16(4,5)6/h11-12,18H,7-10H2,1-6H3,(H,17,20). The Morgan fingerprint density at radius 3 is 1.86 bits per heavy atom.